The van der Waals surface area contributed by atoms with E-state index in [1.807, 2.05) is 17.4 Å². The van der Waals surface area contributed by atoms with Crippen LogP contribution in [0.2, 0.25) is 5.02 Å². The van der Waals surface area contributed by atoms with Crippen LogP contribution in [0.15, 0.2) is 77.5 Å². The van der Waals surface area contributed by atoms with Crippen molar-refractivity contribution in [2.45, 2.75) is 43.3 Å². The van der Waals surface area contributed by atoms with E-state index < -0.39 is 54.7 Å². The Labute approximate surface area is 291 Å². The van der Waals surface area contributed by atoms with Gasteiger partial charge in [0.25, 0.3) is 0 Å². The molecule has 1 fully saturated rings. The Morgan fingerprint density at radius 2 is 1.92 bits per heavy atom. The first-order valence-electron chi connectivity index (χ1n) is 16.2. The van der Waals surface area contributed by atoms with Crippen LogP contribution >= 0.6 is 11.6 Å². The van der Waals surface area contributed by atoms with Crippen LogP contribution < -0.4 is 20.3 Å². The third kappa shape index (κ3) is 8.49. The molecular weight excluding hydrogens is 679 g/mol. The van der Waals surface area contributed by atoms with E-state index in [1.165, 1.54) is 0 Å². The first kappa shape index (κ1) is 35.5. The van der Waals surface area contributed by atoms with Gasteiger partial charge in [0.05, 0.1) is 17.2 Å². The maximum absolute atomic E-state index is 13.8. The SMILES string of the molecule is O=C(N[C@H]1c2ccccc2OC[C@H]1O)[C@H](Cc1cccnc1)C[C@H](O)CN1CCN(c2cc3cccc(Cl)c3o2)C[C@H]1C(=O)NCC(F)(F)F. The fourth-order valence-corrected chi connectivity index (χ4v) is 6.74. The van der Waals surface area contributed by atoms with E-state index >= 15 is 0 Å². The summed E-state index contributed by atoms with van der Waals surface area (Å²) in [5.74, 6) is -1.10. The highest BCUT2D eigenvalue weighted by molar-refractivity contribution is 6.34. The zero-order valence-corrected chi connectivity index (χ0v) is 27.6. The number of β-amino-alcohol motifs (C(OH)–C–C–N with tert-alkyl or cyclic N) is 1. The molecule has 0 saturated carbocycles. The summed E-state index contributed by atoms with van der Waals surface area (Å²) < 4.78 is 50.8. The summed E-state index contributed by atoms with van der Waals surface area (Å²) in [6.07, 6.45) is -3.37. The maximum Gasteiger partial charge on any atom is 0.405 e. The normalized spacial score (nSPS) is 20.8. The van der Waals surface area contributed by atoms with Crippen molar-refractivity contribution in [3.8, 4) is 5.75 Å². The number of hydrogen-bond donors (Lipinski definition) is 4. The second-order valence-corrected chi connectivity index (χ2v) is 13.0. The number of furan rings is 1. The van der Waals surface area contributed by atoms with Crippen molar-refractivity contribution in [1.82, 2.24) is 20.5 Å². The number of amides is 2. The lowest BCUT2D eigenvalue weighted by atomic mass is 9.91. The third-order valence-corrected chi connectivity index (χ3v) is 9.27. The van der Waals surface area contributed by atoms with Gasteiger partial charge in [0.1, 0.15) is 31.0 Å². The van der Waals surface area contributed by atoms with Gasteiger partial charge in [0.15, 0.2) is 11.5 Å². The molecule has 1 saturated heterocycles. The van der Waals surface area contributed by atoms with Gasteiger partial charge in [-0.1, -0.05) is 48.0 Å². The lowest BCUT2D eigenvalue weighted by Gasteiger charge is -2.41. The third-order valence-electron chi connectivity index (χ3n) is 8.98. The molecule has 2 aromatic heterocycles. The Hall–Kier alpha value is -4.37. The van der Waals surface area contributed by atoms with Gasteiger partial charge in [0.2, 0.25) is 11.8 Å². The monoisotopic (exact) mass is 715 g/mol. The van der Waals surface area contributed by atoms with Crippen molar-refractivity contribution in [2.75, 3.05) is 44.2 Å². The van der Waals surface area contributed by atoms with Gasteiger partial charge >= 0.3 is 6.18 Å². The highest BCUT2D eigenvalue weighted by atomic mass is 35.5. The van der Waals surface area contributed by atoms with Crippen LogP contribution in [0.25, 0.3) is 11.0 Å². The van der Waals surface area contributed by atoms with Gasteiger partial charge < -0.3 is 34.9 Å². The van der Waals surface area contributed by atoms with Gasteiger partial charge in [-0.2, -0.15) is 13.2 Å². The molecular formula is C35H37ClF3N5O6. The number of piperazine rings is 1. The number of fused-ring (bicyclic) bond motifs is 2. The number of hydrogen-bond acceptors (Lipinski definition) is 9. The van der Waals surface area contributed by atoms with Crippen LogP contribution in [0.1, 0.15) is 23.6 Å². The Morgan fingerprint density at radius 1 is 1.10 bits per heavy atom. The molecule has 5 atom stereocenters. The van der Waals surface area contributed by atoms with E-state index in [-0.39, 0.29) is 39.1 Å². The Kier molecular flexibility index (Phi) is 10.8. The largest absolute Gasteiger partial charge is 0.490 e. The molecule has 15 heteroatoms. The first-order chi connectivity index (χ1) is 23.9. The smallest absolute Gasteiger partial charge is 0.405 e. The van der Waals surface area contributed by atoms with Gasteiger partial charge in [0, 0.05) is 61.5 Å². The molecule has 0 spiro atoms. The Bertz CT molecular complexity index is 1790. The molecule has 2 aliphatic rings. The van der Waals surface area contributed by atoms with E-state index in [1.54, 1.807) is 70.7 Å². The molecule has 266 valence electrons. The number of carbonyl (C=O) groups is 2. The number of aliphatic hydroxyl groups excluding tert-OH is 2. The number of pyridine rings is 1. The topological polar surface area (TPSA) is 140 Å². The molecule has 0 aliphatic carbocycles. The van der Waals surface area contributed by atoms with Crippen molar-refractivity contribution in [2.24, 2.45) is 5.92 Å². The second kappa shape index (κ2) is 15.3. The predicted molar refractivity (Wildman–Crippen MR) is 179 cm³/mol. The average Bonchev–Trinajstić information content (AvgIpc) is 3.54. The summed E-state index contributed by atoms with van der Waals surface area (Å²) in [7, 11) is 0. The van der Waals surface area contributed by atoms with E-state index in [0.29, 0.717) is 34.3 Å². The van der Waals surface area contributed by atoms with Crippen molar-refractivity contribution in [3.05, 3.63) is 89.2 Å². The van der Waals surface area contributed by atoms with Crippen LogP contribution in [-0.2, 0) is 16.0 Å². The van der Waals surface area contributed by atoms with Crippen molar-refractivity contribution in [1.29, 1.82) is 0 Å². The summed E-state index contributed by atoms with van der Waals surface area (Å²) >= 11 is 6.28. The lowest BCUT2D eigenvalue weighted by molar-refractivity contribution is -0.142. The number of para-hydroxylation sites is 2. The average molecular weight is 716 g/mol. The summed E-state index contributed by atoms with van der Waals surface area (Å²) in [6.45, 7) is -1.08. The number of nitrogens with zero attached hydrogens (tertiary/aromatic N) is 3. The van der Waals surface area contributed by atoms with E-state index in [2.05, 4.69) is 10.3 Å². The molecule has 4 heterocycles. The van der Waals surface area contributed by atoms with Crippen LogP contribution in [0.4, 0.5) is 19.1 Å². The van der Waals surface area contributed by atoms with Gasteiger partial charge in [-0.05, 0) is 36.6 Å². The van der Waals surface area contributed by atoms with Crippen LogP contribution in [0.3, 0.4) is 0 Å². The zero-order chi connectivity index (χ0) is 35.4. The fraction of sp³-hybridized carbons (Fsp3) is 0.400. The fourth-order valence-electron chi connectivity index (χ4n) is 6.52. The molecule has 2 amide bonds. The van der Waals surface area contributed by atoms with Crippen molar-refractivity contribution >= 4 is 40.3 Å². The molecule has 0 unspecified atom stereocenters. The highest BCUT2D eigenvalue weighted by Crippen LogP contribution is 2.34. The maximum atomic E-state index is 13.8. The molecule has 0 bridgehead atoms. The molecule has 6 rings (SSSR count). The van der Waals surface area contributed by atoms with Crippen molar-refractivity contribution < 1.29 is 42.1 Å². The van der Waals surface area contributed by atoms with Crippen LogP contribution in [-0.4, -0.2) is 95.7 Å². The number of anilines is 1. The standard InChI is InChI=1S/C35H37ClF3N5O6/c36-26-8-3-6-22-15-30(50-32(22)26)44-12-11-43(27(18-44)34(48)41-20-35(37,38)39)17-24(45)14-23(13-21-5-4-10-40-16-21)33(47)42-31-25-7-1-2-9-29(25)49-19-28(31)46/h1-10,15-16,23-24,27-28,31,45-46H,11-14,17-20H2,(H,41,48)(H,42,47)/t23-,24+,27+,28-,31+/m1/s1. The second-order valence-electron chi connectivity index (χ2n) is 12.6. The number of halogens is 4. The van der Waals surface area contributed by atoms with Gasteiger partial charge in [-0.25, -0.2) is 0 Å². The number of aromatic nitrogens is 1. The number of aliphatic hydroxyl groups is 2. The molecule has 50 heavy (non-hydrogen) atoms. The molecule has 2 aromatic carbocycles. The lowest BCUT2D eigenvalue weighted by Crippen LogP contribution is -2.61. The highest BCUT2D eigenvalue weighted by Gasteiger charge is 2.38. The van der Waals surface area contributed by atoms with Crippen LogP contribution in [0.5, 0.6) is 5.75 Å². The van der Waals surface area contributed by atoms with Gasteiger partial charge in [-0.3, -0.25) is 19.5 Å². The number of rotatable bonds is 11. The predicted octanol–water partition coefficient (Wildman–Crippen LogP) is 3.87. The molecule has 4 N–H and O–H groups in total. The number of ether oxygens (including phenoxy) is 1. The Morgan fingerprint density at radius 3 is 2.68 bits per heavy atom. The first-order valence-corrected chi connectivity index (χ1v) is 16.6. The summed E-state index contributed by atoms with van der Waals surface area (Å²) in [5, 5.41) is 28.2. The van der Waals surface area contributed by atoms with E-state index in [4.69, 9.17) is 20.8 Å². The number of alkyl halides is 3. The molecule has 11 nitrogen and oxygen atoms in total. The minimum Gasteiger partial charge on any atom is -0.490 e. The number of carbonyl (C=O) groups excluding carboxylic acids is 2. The number of nitrogens with one attached hydrogen (secondary N) is 2. The molecule has 2 aliphatic heterocycles. The zero-order valence-electron chi connectivity index (χ0n) is 26.9. The minimum absolute atomic E-state index is 0.0112. The van der Waals surface area contributed by atoms with Crippen molar-refractivity contribution in [3.63, 3.8) is 0 Å². The van der Waals surface area contributed by atoms with Crippen LogP contribution in [0, 0.1) is 5.92 Å². The quantitative estimate of drug-likeness (QED) is 0.182. The molecule has 4 aromatic rings. The van der Waals surface area contributed by atoms with E-state index in [0.717, 1.165) is 10.9 Å². The van der Waals surface area contributed by atoms with Gasteiger partial charge in [-0.15, -0.1) is 0 Å². The summed E-state index contributed by atoms with van der Waals surface area (Å²) in [5.41, 5.74) is 1.82. The summed E-state index contributed by atoms with van der Waals surface area (Å²) in [4.78, 5) is 34.6. The summed E-state index contributed by atoms with van der Waals surface area (Å²) in [6, 6.07) is 15.8. The van der Waals surface area contributed by atoms with E-state index in [9.17, 15) is 33.0 Å². The molecule has 0 radical (unpaired) electrons. The minimum atomic E-state index is -4.62. The Balaban J connectivity index is 1.19. The number of benzene rings is 2.